The summed E-state index contributed by atoms with van der Waals surface area (Å²) < 4.78 is 1.23. The normalized spacial score (nSPS) is 12.5. The minimum atomic E-state index is 0.378. The summed E-state index contributed by atoms with van der Waals surface area (Å²) in [5, 5.41) is 4.49. The van der Waals surface area contributed by atoms with E-state index in [4.69, 9.17) is 0 Å². The predicted octanol–water partition coefficient (Wildman–Crippen LogP) is 4.34. The molecular weight excluding hydrogens is 252 g/mol. The maximum atomic E-state index is 4.60. The number of para-hydroxylation sites is 1. The van der Waals surface area contributed by atoms with Crippen molar-refractivity contribution < 1.29 is 0 Å². The van der Waals surface area contributed by atoms with Gasteiger partial charge in [-0.1, -0.05) is 53.8 Å². The summed E-state index contributed by atoms with van der Waals surface area (Å²) in [6, 6.07) is 19.2. The number of thiazole rings is 1. The molecular formula is C16H16N2S. The monoisotopic (exact) mass is 268 g/mol. The van der Waals surface area contributed by atoms with E-state index in [0.29, 0.717) is 6.04 Å². The van der Waals surface area contributed by atoms with Gasteiger partial charge in [-0.2, -0.15) is 0 Å². The summed E-state index contributed by atoms with van der Waals surface area (Å²) in [4.78, 5) is 4.60. The fourth-order valence-electron chi connectivity index (χ4n) is 2.16. The Bertz CT molecular complexity index is 628. The van der Waals surface area contributed by atoms with Crippen molar-refractivity contribution in [2.75, 3.05) is 5.32 Å². The van der Waals surface area contributed by atoms with Crippen LogP contribution in [0.4, 0.5) is 5.13 Å². The van der Waals surface area contributed by atoms with Gasteiger partial charge in [-0.05, 0) is 31.0 Å². The van der Waals surface area contributed by atoms with Crippen LogP contribution in [0.3, 0.4) is 0 Å². The van der Waals surface area contributed by atoms with Gasteiger partial charge in [-0.3, -0.25) is 0 Å². The van der Waals surface area contributed by atoms with Gasteiger partial charge in [0.25, 0.3) is 0 Å². The molecule has 0 fully saturated rings. The molecule has 19 heavy (non-hydrogen) atoms. The number of fused-ring (bicyclic) bond motifs is 1. The van der Waals surface area contributed by atoms with Crippen molar-refractivity contribution in [3.63, 3.8) is 0 Å². The molecule has 1 N–H and O–H groups in total. The molecule has 1 atom stereocenters. The Balaban J connectivity index is 1.70. The summed E-state index contributed by atoms with van der Waals surface area (Å²) in [6.45, 7) is 2.19. The SMILES string of the molecule is CC(Cc1ccccc1)Nc1nc2ccccc2s1. The minimum Gasteiger partial charge on any atom is -0.359 e. The van der Waals surface area contributed by atoms with Gasteiger partial charge in [0.1, 0.15) is 0 Å². The third-order valence-electron chi connectivity index (χ3n) is 3.05. The molecule has 1 aromatic heterocycles. The van der Waals surface area contributed by atoms with Crippen molar-refractivity contribution in [2.24, 2.45) is 0 Å². The summed E-state index contributed by atoms with van der Waals surface area (Å²) in [5.74, 6) is 0. The van der Waals surface area contributed by atoms with Crippen LogP contribution in [0.5, 0.6) is 0 Å². The second kappa shape index (κ2) is 5.41. The molecule has 1 unspecified atom stereocenters. The highest BCUT2D eigenvalue weighted by Gasteiger charge is 2.07. The molecule has 3 heteroatoms. The molecule has 0 aliphatic rings. The molecule has 0 amide bonds. The lowest BCUT2D eigenvalue weighted by atomic mass is 10.1. The lowest BCUT2D eigenvalue weighted by Gasteiger charge is -2.12. The maximum Gasteiger partial charge on any atom is 0.184 e. The second-order valence-corrected chi connectivity index (χ2v) is 5.75. The molecule has 3 aromatic rings. The van der Waals surface area contributed by atoms with Gasteiger partial charge in [0.2, 0.25) is 0 Å². The van der Waals surface area contributed by atoms with E-state index in [9.17, 15) is 0 Å². The maximum absolute atomic E-state index is 4.60. The van der Waals surface area contributed by atoms with E-state index in [1.54, 1.807) is 11.3 Å². The van der Waals surface area contributed by atoms with Gasteiger partial charge in [-0.25, -0.2) is 4.98 Å². The molecule has 0 aliphatic heterocycles. The summed E-state index contributed by atoms with van der Waals surface area (Å²) in [5.41, 5.74) is 2.42. The number of benzene rings is 2. The van der Waals surface area contributed by atoms with E-state index >= 15 is 0 Å². The van der Waals surface area contributed by atoms with Crippen LogP contribution in [0, 0.1) is 0 Å². The Labute approximate surface area is 117 Å². The Morgan fingerprint density at radius 3 is 2.58 bits per heavy atom. The number of nitrogens with zero attached hydrogens (tertiary/aromatic N) is 1. The first kappa shape index (κ1) is 12.2. The predicted molar refractivity (Wildman–Crippen MR) is 82.9 cm³/mol. The Kier molecular flexibility index (Phi) is 3.47. The fraction of sp³-hybridized carbons (Fsp3) is 0.188. The zero-order valence-electron chi connectivity index (χ0n) is 10.8. The number of aromatic nitrogens is 1. The van der Waals surface area contributed by atoms with Gasteiger partial charge in [0.15, 0.2) is 5.13 Å². The highest BCUT2D eigenvalue weighted by molar-refractivity contribution is 7.22. The molecule has 0 saturated carbocycles. The van der Waals surface area contributed by atoms with E-state index in [2.05, 4.69) is 65.8 Å². The highest BCUT2D eigenvalue weighted by atomic mass is 32.1. The molecule has 3 rings (SSSR count). The first-order valence-corrected chi connectivity index (χ1v) is 7.29. The van der Waals surface area contributed by atoms with Crippen molar-refractivity contribution >= 4 is 26.7 Å². The number of hydrogen-bond acceptors (Lipinski definition) is 3. The summed E-state index contributed by atoms with van der Waals surface area (Å²) >= 11 is 1.71. The Hall–Kier alpha value is -1.87. The lowest BCUT2D eigenvalue weighted by molar-refractivity contribution is 0.789. The molecule has 96 valence electrons. The van der Waals surface area contributed by atoms with Gasteiger partial charge in [0.05, 0.1) is 10.2 Å². The molecule has 0 spiro atoms. The summed E-state index contributed by atoms with van der Waals surface area (Å²) in [6.07, 6.45) is 1.01. The van der Waals surface area contributed by atoms with Gasteiger partial charge >= 0.3 is 0 Å². The Morgan fingerprint density at radius 1 is 1.05 bits per heavy atom. The topological polar surface area (TPSA) is 24.9 Å². The number of hydrogen-bond donors (Lipinski definition) is 1. The van der Waals surface area contributed by atoms with Gasteiger partial charge < -0.3 is 5.32 Å². The van der Waals surface area contributed by atoms with Crippen LogP contribution >= 0.6 is 11.3 Å². The zero-order chi connectivity index (χ0) is 13.1. The Morgan fingerprint density at radius 2 is 1.79 bits per heavy atom. The average molecular weight is 268 g/mol. The second-order valence-electron chi connectivity index (χ2n) is 4.72. The molecule has 1 heterocycles. The third kappa shape index (κ3) is 2.93. The molecule has 0 radical (unpaired) electrons. The minimum absolute atomic E-state index is 0.378. The van der Waals surface area contributed by atoms with Crippen LogP contribution < -0.4 is 5.32 Å². The smallest absolute Gasteiger partial charge is 0.184 e. The molecule has 2 aromatic carbocycles. The van der Waals surface area contributed by atoms with Crippen molar-refractivity contribution in [1.29, 1.82) is 0 Å². The van der Waals surface area contributed by atoms with E-state index in [0.717, 1.165) is 17.1 Å². The van der Waals surface area contributed by atoms with Crippen LogP contribution in [-0.2, 0) is 6.42 Å². The van der Waals surface area contributed by atoms with Crippen LogP contribution in [0.2, 0.25) is 0 Å². The van der Waals surface area contributed by atoms with Gasteiger partial charge in [-0.15, -0.1) is 0 Å². The average Bonchev–Trinajstić information content (AvgIpc) is 2.81. The van der Waals surface area contributed by atoms with Crippen molar-refractivity contribution in [3.8, 4) is 0 Å². The number of anilines is 1. The first-order valence-electron chi connectivity index (χ1n) is 6.47. The van der Waals surface area contributed by atoms with E-state index < -0.39 is 0 Å². The van der Waals surface area contributed by atoms with Crippen molar-refractivity contribution in [2.45, 2.75) is 19.4 Å². The first-order chi connectivity index (χ1) is 9.31. The number of rotatable bonds is 4. The van der Waals surface area contributed by atoms with E-state index in [1.165, 1.54) is 10.3 Å². The molecule has 0 bridgehead atoms. The highest BCUT2D eigenvalue weighted by Crippen LogP contribution is 2.26. The van der Waals surface area contributed by atoms with E-state index in [1.807, 2.05) is 6.07 Å². The number of nitrogens with one attached hydrogen (secondary N) is 1. The van der Waals surface area contributed by atoms with Crippen molar-refractivity contribution in [3.05, 3.63) is 60.2 Å². The standard InChI is InChI=1S/C16H16N2S/c1-12(11-13-7-3-2-4-8-13)17-16-18-14-9-5-6-10-15(14)19-16/h2-10,12H,11H2,1H3,(H,17,18). The van der Waals surface area contributed by atoms with Crippen LogP contribution in [0.1, 0.15) is 12.5 Å². The van der Waals surface area contributed by atoms with Crippen molar-refractivity contribution in [1.82, 2.24) is 4.98 Å². The molecule has 2 nitrogen and oxygen atoms in total. The van der Waals surface area contributed by atoms with Crippen LogP contribution in [0.15, 0.2) is 54.6 Å². The lowest BCUT2D eigenvalue weighted by Crippen LogP contribution is -2.17. The third-order valence-corrected chi connectivity index (χ3v) is 4.02. The molecule has 0 aliphatic carbocycles. The quantitative estimate of drug-likeness (QED) is 0.761. The zero-order valence-corrected chi connectivity index (χ0v) is 11.7. The van der Waals surface area contributed by atoms with Gasteiger partial charge in [0, 0.05) is 6.04 Å². The van der Waals surface area contributed by atoms with E-state index in [-0.39, 0.29) is 0 Å². The fourth-order valence-corrected chi connectivity index (χ4v) is 3.14. The van der Waals surface area contributed by atoms with Crippen LogP contribution in [-0.4, -0.2) is 11.0 Å². The summed E-state index contributed by atoms with van der Waals surface area (Å²) in [7, 11) is 0. The van der Waals surface area contributed by atoms with Crippen LogP contribution in [0.25, 0.3) is 10.2 Å². The molecule has 0 saturated heterocycles. The largest absolute Gasteiger partial charge is 0.359 e.